The molecule has 0 saturated carbocycles. The molecule has 0 aliphatic heterocycles. The quantitative estimate of drug-likeness (QED) is 0.565. The van der Waals surface area contributed by atoms with Gasteiger partial charge in [-0.25, -0.2) is 0 Å². The van der Waals surface area contributed by atoms with Crippen molar-refractivity contribution in [1.29, 1.82) is 0 Å². The Bertz CT molecular complexity index is 617. The number of allylic oxidation sites excluding steroid dienone is 4. The van der Waals surface area contributed by atoms with E-state index in [0.29, 0.717) is 0 Å². The number of benzene rings is 2. The molecule has 0 atom stereocenters. The van der Waals surface area contributed by atoms with Gasteiger partial charge in [-0.1, -0.05) is 105 Å². The Kier molecular flexibility index (Phi) is 4.23. The van der Waals surface area contributed by atoms with Crippen LogP contribution in [-0.4, -0.2) is 7.74 Å². The second kappa shape index (κ2) is 6.13. The van der Waals surface area contributed by atoms with E-state index in [0.717, 1.165) is 6.42 Å². The van der Waals surface area contributed by atoms with E-state index in [-0.39, 0.29) is 7.47 Å². The van der Waals surface area contributed by atoms with E-state index in [1.807, 2.05) is 0 Å². The van der Waals surface area contributed by atoms with Crippen molar-refractivity contribution in [2.24, 2.45) is 0 Å². The van der Waals surface area contributed by atoms with Crippen LogP contribution in [0.5, 0.6) is 0 Å². The lowest BCUT2D eigenvalue weighted by atomic mass is 10.4. The van der Waals surface area contributed by atoms with E-state index in [2.05, 4.69) is 92.0 Å². The van der Waals surface area contributed by atoms with Gasteiger partial charge in [0.05, 0.1) is 0 Å². The van der Waals surface area contributed by atoms with Gasteiger partial charge in [-0.05, 0) is 17.0 Å². The molecule has 3 rings (SSSR count). The monoisotopic (exact) mass is 308 g/mol. The molecule has 106 valence electrons. The molecular weight excluding hydrogens is 287 g/mol. The van der Waals surface area contributed by atoms with Gasteiger partial charge in [0.1, 0.15) is 7.74 Å². The van der Waals surface area contributed by atoms with E-state index in [1.54, 1.807) is 5.20 Å². The Hall–Kier alpha value is -1.43. The molecule has 1 aliphatic carbocycles. The average molecular weight is 308 g/mol. The first kappa shape index (κ1) is 14.5. The molecular formula is C19H21PSi. The summed E-state index contributed by atoms with van der Waals surface area (Å²) < 4.78 is 0. The van der Waals surface area contributed by atoms with Crippen LogP contribution in [0.2, 0.25) is 13.1 Å². The summed E-state index contributed by atoms with van der Waals surface area (Å²) in [5.41, 5.74) is 0. The van der Waals surface area contributed by atoms with Crippen molar-refractivity contribution in [1.82, 2.24) is 0 Å². The molecule has 21 heavy (non-hydrogen) atoms. The van der Waals surface area contributed by atoms with Gasteiger partial charge in [-0.15, -0.1) is 0 Å². The van der Waals surface area contributed by atoms with Crippen LogP contribution in [-0.2, 0) is 0 Å². The molecule has 2 heteroatoms. The Labute approximate surface area is 129 Å². The molecule has 0 fully saturated rings. The van der Waals surface area contributed by atoms with Crippen LogP contribution < -0.4 is 10.6 Å². The highest BCUT2D eigenvalue weighted by molar-refractivity contribution is 8.05. The minimum atomic E-state index is -1.52. The molecule has 2 aromatic rings. The van der Waals surface area contributed by atoms with E-state index in [1.165, 1.54) is 10.6 Å². The summed E-state index contributed by atoms with van der Waals surface area (Å²) in [6, 6.07) is 22.2. The van der Waals surface area contributed by atoms with Crippen LogP contribution in [0.4, 0.5) is 0 Å². The van der Waals surface area contributed by atoms with E-state index in [4.69, 9.17) is 0 Å². The minimum Gasteiger partial charge on any atom is -0.0809 e. The zero-order valence-corrected chi connectivity index (χ0v) is 14.6. The predicted octanol–water partition coefficient (Wildman–Crippen LogP) is 4.75. The van der Waals surface area contributed by atoms with Gasteiger partial charge in [0.15, 0.2) is 0 Å². The van der Waals surface area contributed by atoms with Crippen molar-refractivity contribution >= 4 is 25.8 Å². The molecule has 0 amide bonds. The Morgan fingerprint density at radius 1 is 0.810 bits per heavy atom. The summed E-state index contributed by atoms with van der Waals surface area (Å²) in [7, 11) is -1.79. The van der Waals surface area contributed by atoms with Gasteiger partial charge < -0.3 is 0 Å². The lowest BCUT2D eigenvalue weighted by Crippen LogP contribution is -2.35. The van der Waals surface area contributed by atoms with Crippen molar-refractivity contribution < 1.29 is 0 Å². The Balaban J connectivity index is 2.09. The molecule has 0 nitrogen and oxygen atoms in total. The highest BCUT2D eigenvalue weighted by atomic mass is 31.4. The van der Waals surface area contributed by atoms with E-state index in [9.17, 15) is 0 Å². The smallest absolute Gasteiger partial charge is 0.0809 e. The average Bonchev–Trinajstić information content (AvgIpc) is 3.04. The fourth-order valence-electron chi connectivity index (χ4n) is 2.99. The van der Waals surface area contributed by atoms with Gasteiger partial charge in [-0.2, -0.15) is 0 Å². The van der Waals surface area contributed by atoms with E-state index >= 15 is 0 Å². The van der Waals surface area contributed by atoms with E-state index < -0.39 is 7.74 Å². The first-order chi connectivity index (χ1) is 10.2. The molecule has 0 bridgehead atoms. The van der Waals surface area contributed by atoms with Crippen molar-refractivity contribution in [3.8, 4) is 0 Å². The zero-order valence-electron chi connectivity index (χ0n) is 12.7. The Morgan fingerprint density at radius 2 is 1.33 bits per heavy atom. The second-order valence-electron chi connectivity index (χ2n) is 5.89. The highest BCUT2D eigenvalue weighted by Crippen LogP contribution is 2.49. The second-order valence-corrected chi connectivity index (χ2v) is 16.0. The third-order valence-electron chi connectivity index (χ3n) is 4.14. The molecule has 0 aromatic heterocycles. The summed E-state index contributed by atoms with van der Waals surface area (Å²) in [5.74, 6) is 0. The van der Waals surface area contributed by atoms with Crippen LogP contribution in [0.15, 0.2) is 84.1 Å². The van der Waals surface area contributed by atoms with Crippen LogP contribution >= 0.6 is 7.47 Å². The van der Waals surface area contributed by atoms with Crippen molar-refractivity contribution in [3.05, 3.63) is 84.1 Å². The number of rotatable bonds is 4. The molecule has 0 radical (unpaired) electrons. The summed E-state index contributed by atoms with van der Waals surface area (Å²) in [6.45, 7) is 5.08. The molecule has 0 unspecified atom stereocenters. The maximum Gasteiger partial charge on any atom is 0.113 e. The lowest BCUT2D eigenvalue weighted by Gasteiger charge is -2.35. The third-order valence-corrected chi connectivity index (χ3v) is 14.6. The molecule has 0 heterocycles. The summed E-state index contributed by atoms with van der Waals surface area (Å²) in [5, 5.41) is 4.72. The molecule has 0 saturated heterocycles. The van der Waals surface area contributed by atoms with Gasteiger partial charge in [0.2, 0.25) is 0 Å². The number of hydrogen-bond acceptors (Lipinski definition) is 0. The summed E-state index contributed by atoms with van der Waals surface area (Å²) in [6.07, 6.45) is 8.05. The molecule has 0 spiro atoms. The van der Waals surface area contributed by atoms with Crippen LogP contribution in [0.25, 0.3) is 0 Å². The first-order valence-corrected chi connectivity index (χ1v) is 12.6. The fraction of sp³-hybridized carbons (Fsp3) is 0.158. The topological polar surface area (TPSA) is 0 Å². The standard InChI is InChI=1S/C19H21PSi/c1-21(2,19-15-9-10-16-19)20(17-11-5-3-6-12-17)18-13-7-4-8-14-18/h3-15H,16H2,1-2H3. The van der Waals surface area contributed by atoms with Gasteiger partial charge in [-0.3, -0.25) is 0 Å². The summed E-state index contributed by atoms with van der Waals surface area (Å²) >= 11 is 0. The van der Waals surface area contributed by atoms with Gasteiger partial charge in [0, 0.05) is 0 Å². The minimum absolute atomic E-state index is 0.275. The van der Waals surface area contributed by atoms with Crippen LogP contribution in [0.3, 0.4) is 0 Å². The SMILES string of the molecule is C[Si](C)(C1=CC=CC1)P(c1ccccc1)c1ccccc1. The van der Waals surface area contributed by atoms with Gasteiger partial charge >= 0.3 is 0 Å². The maximum atomic E-state index is 2.54. The first-order valence-electron chi connectivity index (χ1n) is 7.46. The zero-order chi connectivity index (χ0) is 14.7. The van der Waals surface area contributed by atoms with Crippen LogP contribution in [0, 0.1) is 0 Å². The highest BCUT2D eigenvalue weighted by Gasteiger charge is 2.37. The molecule has 1 aliphatic rings. The van der Waals surface area contributed by atoms with Gasteiger partial charge in [0.25, 0.3) is 0 Å². The third kappa shape index (κ3) is 2.95. The van der Waals surface area contributed by atoms with Crippen LogP contribution in [0.1, 0.15) is 6.42 Å². The summed E-state index contributed by atoms with van der Waals surface area (Å²) in [4.78, 5) is 0. The lowest BCUT2D eigenvalue weighted by molar-refractivity contribution is 1.37. The number of hydrogen-bond donors (Lipinski definition) is 0. The molecule has 0 N–H and O–H groups in total. The van der Waals surface area contributed by atoms with Crippen molar-refractivity contribution in [2.75, 3.05) is 0 Å². The Morgan fingerprint density at radius 3 is 1.76 bits per heavy atom. The normalized spacial score (nSPS) is 14.5. The van der Waals surface area contributed by atoms with Crippen molar-refractivity contribution in [3.63, 3.8) is 0 Å². The van der Waals surface area contributed by atoms with Crippen molar-refractivity contribution in [2.45, 2.75) is 19.5 Å². The fourth-order valence-corrected chi connectivity index (χ4v) is 13.1. The maximum absolute atomic E-state index is 2.54. The largest absolute Gasteiger partial charge is 0.113 e. The predicted molar refractivity (Wildman–Crippen MR) is 98.4 cm³/mol. The molecule has 2 aromatic carbocycles.